The molecule has 0 amide bonds. The second-order valence-electron chi connectivity index (χ2n) is 6.31. The largest absolute Gasteiger partial charge is 0.388 e. The zero-order valence-corrected chi connectivity index (χ0v) is 13.4. The number of alkyl halides is 9. The number of aliphatic hydroxyl groups is 1. The Morgan fingerprint density at radius 2 is 1.31 bits per heavy atom. The molecule has 1 aliphatic rings. The van der Waals surface area contributed by atoms with Crippen LogP contribution in [0.15, 0.2) is 24.3 Å². The second-order valence-corrected chi connectivity index (χ2v) is 6.31. The standard InChI is InChI=1S/C15H14F9NO/c1-25(2)9-5-3-4-8(6-9)10(26)7-11(16)12(17,18)14(21,22)15(23,24)13(11,19)20/h3-6,10,26H,7H2,1-2H3. The van der Waals surface area contributed by atoms with Crippen molar-refractivity contribution in [1.82, 2.24) is 0 Å². The van der Waals surface area contributed by atoms with E-state index < -0.39 is 41.9 Å². The first kappa shape index (κ1) is 20.7. The van der Waals surface area contributed by atoms with Crippen molar-refractivity contribution in [3.05, 3.63) is 29.8 Å². The number of rotatable bonds is 4. The van der Waals surface area contributed by atoms with Gasteiger partial charge in [0.1, 0.15) is 0 Å². The van der Waals surface area contributed by atoms with Crippen LogP contribution in [0.2, 0.25) is 0 Å². The molecule has 0 saturated heterocycles. The molecule has 1 atom stereocenters. The van der Waals surface area contributed by atoms with Gasteiger partial charge in [0.15, 0.2) is 0 Å². The summed E-state index contributed by atoms with van der Waals surface area (Å²) in [6, 6.07) is 4.84. The zero-order valence-electron chi connectivity index (χ0n) is 13.4. The van der Waals surface area contributed by atoms with Crippen LogP contribution in [0.25, 0.3) is 0 Å². The fourth-order valence-corrected chi connectivity index (χ4v) is 2.74. The molecule has 1 saturated carbocycles. The lowest BCUT2D eigenvalue weighted by molar-refractivity contribution is -0.303. The number of halogens is 9. The van der Waals surface area contributed by atoms with E-state index >= 15 is 0 Å². The van der Waals surface area contributed by atoms with Crippen LogP contribution >= 0.6 is 0 Å². The van der Waals surface area contributed by atoms with E-state index in [9.17, 15) is 44.6 Å². The summed E-state index contributed by atoms with van der Waals surface area (Å²) in [4.78, 5) is 1.46. The van der Waals surface area contributed by atoms with Gasteiger partial charge >= 0.3 is 23.7 Å². The van der Waals surface area contributed by atoms with E-state index in [4.69, 9.17) is 0 Å². The van der Waals surface area contributed by atoms with Gasteiger partial charge in [-0.25, -0.2) is 4.39 Å². The van der Waals surface area contributed by atoms with Crippen molar-refractivity contribution in [2.24, 2.45) is 0 Å². The third-order valence-electron chi connectivity index (χ3n) is 4.42. The molecular formula is C15H14F9NO. The fourth-order valence-electron chi connectivity index (χ4n) is 2.74. The van der Waals surface area contributed by atoms with E-state index in [-0.39, 0.29) is 5.56 Å². The first-order valence-corrected chi connectivity index (χ1v) is 7.20. The first-order chi connectivity index (χ1) is 11.5. The molecule has 0 radical (unpaired) electrons. The van der Waals surface area contributed by atoms with Crippen LogP contribution in [0, 0.1) is 0 Å². The van der Waals surface area contributed by atoms with Crippen molar-refractivity contribution >= 4 is 5.69 Å². The highest BCUT2D eigenvalue weighted by molar-refractivity contribution is 5.47. The monoisotopic (exact) mass is 395 g/mol. The summed E-state index contributed by atoms with van der Waals surface area (Å²) in [7, 11) is 3.06. The molecular weight excluding hydrogens is 381 g/mol. The van der Waals surface area contributed by atoms with E-state index in [0.29, 0.717) is 5.69 Å². The molecule has 26 heavy (non-hydrogen) atoms. The maximum Gasteiger partial charge on any atom is 0.381 e. The Morgan fingerprint density at radius 3 is 1.73 bits per heavy atom. The quantitative estimate of drug-likeness (QED) is 0.763. The zero-order chi connectivity index (χ0) is 20.3. The highest BCUT2D eigenvalue weighted by Gasteiger charge is 3.00. The Hall–Kier alpha value is -1.65. The number of aliphatic hydroxyl groups excluding tert-OH is 1. The van der Waals surface area contributed by atoms with Crippen LogP contribution in [0.4, 0.5) is 45.2 Å². The van der Waals surface area contributed by atoms with Gasteiger partial charge in [-0.05, 0) is 17.7 Å². The van der Waals surface area contributed by atoms with E-state index in [1.54, 1.807) is 0 Å². The van der Waals surface area contributed by atoms with Gasteiger partial charge in [-0.1, -0.05) is 12.1 Å². The summed E-state index contributed by atoms with van der Waals surface area (Å²) in [5.41, 5.74) is -5.70. The lowest BCUT2D eigenvalue weighted by Gasteiger charge is -2.32. The van der Waals surface area contributed by atoms with Gasteiger partial charge in [0.05, 0.1) is 6.10 Å². The maximum atomic E-state index is 14.4. The van der Waals surface area contributed by atoms with E-state index in [1.165, 1.54) is 31.1 Å². The van der Waals surface area contributed by atoms with Gasteiger partial charge in [-0.3, -0.25) is 0 Å². The Kier molecular flexibility index (Phi) is 4.51. The molecule has 0 spiro atoms. The van der Waals surface area contributed by atoms with Crippen molar-refractivity contribution in [3.63, 3.8) is 0 Å². The van der Waals surface area contributed by atoms with Crippen molar-refractivity contribution in [3.8, 4) is 0 Å². The summed E-state index contributed by atoms with van der Waals surface area (Å²) in [6.45, 7) is 0. The van der Waals surface area contributed by atoms with Gasteiger partial charge in [-0.2, -0.15) is 35.1 Å². The Labute approximate surface area is 142 Å². The third kappa shape index (κ3) is 2.31. The van der Waals surface area contributed by atoms with Gasteiger partial charge in [0.2, 0.25) is 0 Å². The minimum Gasteiger partial charge on any atom is -0.388 e. The van der Waals surface area contributed by atoms with Crippen LogP contribution < -0.4 is 4.90 Å². The molecule has 148 valence electrons. The number of hydrogen-bond acceptors (Lipinski definition) is 2. The Balaban J connectivity index is 2.48. The van der Waals surface area contributed by atoms with Gasteiger partial charge in [0, 0.05) is 26.2 Å². The van der Waals surface area contributed by atoms with Crippen molar-refractivity contribution < 1.29 is 44.6 Å². The Bertz CT molecular complexity index is 663. The molecule has 11 heteroatoms. The molecule has 0 heterocycles. The molecule has 1 N–H and O–H groups in total. The van der Waals surface area contributed by atoms with Crippen LogP contribution in [-0.2, 0) is 0 Å². The normalized spacial score (nSPS) is 25.7. The maximum absolute atomic E-state index is 14.4. The van der Waals surface area contributed by atoms with Crippen LogP contribution in [0.5, 0.6) is 0 Å². The van der Waals surface area contributed by atoms with Crippen molar-refractivity contribution in [2.45, 2.75) is 41.9 Å². The second kappa shape index (κ2) is 5.67. The fraction of sp³-hybridized carbons (Fsp3) is 0.600. The molecule has 0 aromatic heterocycles. The molecule has 1 aromatic carbocycles. The smallest absolute Gasteiger partial charge is 0.381 e. The predicted octanol–water partition coefficient (Wildman–Crippen LogP) is 4.44. The third-order valence-corrected chi connectivity index (χ3v) is 4.42. The summed E-state index contributed by atoms with van der Waals surface area (Å²) in [5, 5.41) is 9.84. The highest BCUT2D eigenvalue weighted by atomic mass is 19.4. The van der Waals surface area contributed by atoms with Gasteiger partial charge in [0.25, 0.3) is 5.67 Å². The lowest BCUT2D eigenvalue weighted by Crippen LogP contribution is -2.55. The summed E-state index contributed by atoms with van der Waals surface area (Å²) in [5.74, 6) is -26.1. The van der Waals surface area contributed by atoms with Crippen LogP contribution in [0.3, 0.4) is 0 Å². The highest BCUT2D eigenvalue weighted by Crippen LogP contribution is 2.70. The summed E-state index contributed by atoms with van der Waals surface area (Å²) >= 11 is 0. The molecule has 1 aromatic rings. The van der Waals surface area contributed by atoms with Crippen molar-refractivity contribution in [2.75, 3.05) is 19.0 Å². The van der Waals surface area contributed by atoms with Gasteiger partial charge < -0.3 is 10.0 Å². The number of benzene rings is 1. The molecule has 0 aliphatic heterocycles. The van der Waals surface area contributed by atoms with Crippen LogP contribution in [-0.4, -0.2) is 48.6 Å². The number of hydrogen-bond donors (Lipinski definition) is 1. The SMILES string of the molecule is CN(C)c1cccc(C(O)CC2(F)C(F)(F)C(F)(F)C(F)(F)C2(F)F)c1. The van der Waals surface area contributed by atoms with Crippen LogP contribution in [0.1, 0.15) is 18.1 Å². The minimum absolute atomic E-state index is 0.343. The number of anilines is 1. The van der Waals surface area contributed by atoms with Gasteiger partial charge in [-0.15, -0.1) is 0 Å². The summed E-state index contributed by atoms with van der Waals surface area (Å²) in [6.07, 6.45) is -4.81. The predicted molar refractivity (Wildman–Crippen MR) is 74.0 cm³/mol. The van der Waals surface area contributed by atoms with E-state index in [1.807, 2.05) is 0 Å². The van der Waals surface area contributed by atoms with E-state index in [2.05, 4.69) is 0 Å². The van der Waals surface area contributed by atoms with Crippen molar-refractivity contribution in [1.29, 1.82) is 0 Å². The molecule has 1 unspecified atom stereocenters. The van der Waals surface area contributed by atoms with E-state index in [0.717, 1.165) is 12.1 Å². The average molecular weight is 395 g/mol. The molecule has 2 nitrogen and oxygen atoms in total. The molecule has 2 rings (SSSR count). The average Bonchev–Trinajstić information content (AvgIpc) is 2.57. The summed E-state index contributed by atoms with van der Waals surface area (Å²) < 4.78 is 122. The molecule has 1 fully saturated rings. The molecule has 0 bridgehead atoms. The molecule has 1 aliphatic carbocycles. The number of nitrogens with zero attached hydrogens (tertiary/aromatic N) is 1. The minimum atomic E-state index is -6.64. The topological polar surface area (TPSA) is 23.5 Å². The lowest BCUT2D eigenvalue weighted by atomic mass is 9.87. The first-order valence-electron chi connectivity index (χ1n) is 7.20. The Morgan fingerprint density at radius 1 is 0.846 bits per heavy atom.